The molecule has 2 N–H and O–H groups in total. The third kappa shape index (κ3) is 3.17. The Morgan fingerprint density at radius 1 is 1.56 bits per heavy atom. The Morgan fingerprint density at radius 3 is 2.94 bits per heavy atom. The van der Waals surface area contributed by atoms with Crippen LogP contribution in [-0.2, 0) is 4.79 Å². The molecule has 0 radical (unpaired) electrons. The summed E-state index contributed by atoms with van der Waals surface area (Å²) in [4.78, 5) is 12.5. The van der Waals surface area contributed by atoms with Crippen molar-refractivity contribution < 1.29 is 4.79 Å². The van der Waals surface area contributed by atoms with Crippen molar-refractivity contribution in [3.8, 4) is 6.07 Å². The second-order valence-electron chi connectivity index (χ2n) is 4.19. The van der Waals surface area contributed by atoms with E-state index in [1.54, 1.807) is 0 Å². The minimum absolute atomic E-state index is 0.0176. The van der Waals surface area contributed by atoms with Crippen LogP contribution in [0.1, 0.15) is 18.4 Å². The molecule has 0 heterocycles. The molecular formula is C13H15N3OS. The van der Waals surface area contributed by atoms with Crippen LogP contribution in [0.4, 0.5) is 5.69 Å². The van der Waals surface area contributed by atoms with E-state index in [0.717, 1.165) is 23.4 Å². The molecule has 18 heavy (non-hydrogen) atoms. The largest absolute Gasteiger partial charge is 0.375 e. The number of nitrogens with zero attached hydrogens (tertiary/aromatic N) is 1. The maximum absolute atomic E-state index is 11.6. The lowest BCUT2D eigenvalue weighted by atomic mass is 10.2. The van der Waals surface area contributed by atoms with Gasteiger partial charge in [0.1, 0.15) is 6.07 Å². The molecule has 94 valence electrons. The van der Waals surface area contributed by atoms with E-state index in [4.69, 9.17) is 5.26 Å². The summed E-state index contributed by atoms with van der Waals surface area (Å²) in [5, 5.41) is 15.1. The molecule has 1 aromatic carbocycles. The van der Waals surface area contributed by atoms with E-state index in [0.29, 0.717) is 11.6 Å². The molecule has 0 bridgehead atoms. The highest BCUT2D eigenvalue weighted by Gasteiger charge is 2.22. The predicted molar refractivity (Wildman–Crippen MR) is 72.6 cm³/mol. The summed E-state index contributed by atoms with van der Waals surface area (Å²) >= 11 is 1.53. The minimum Gasteiger partial charge on any atom is -0.375 e. The highest BCUT2D eigenvalue weighted by molar-refractivity contribution is 7.98. The van der Waals surface area contributed by atoms with Crippen LogP contribution >= 0.6 is 11.8 Å². The maximum Gasteiger partial charge on any atom is 0.239 e. The van der Waals surface area contributed by atoms with E-state index in [1.807, 2.05) is 24.5 Å². The van der Waals surface area contributed by atoms with Crippen molar-refractivity contribution in [3.05, 3.63) is 23.8 Å². The number of benzene rings is 1. The van der Waals surface area contributed by atoms with Crippen LogP contribution in [0.2, 0.25) is 0 Å². The molecule has 0 atom stereocenters. The number of thioether (sulfide) groups is 1. The number of carbonyl (C=O) groups excluding carboxylic acids is 1. The fourth-order valence-electron chi connectivity index (χ4n) is 1.65. The zero-order chi connectivity index (χ0) is 13.0. The summed E-state index contributed by atoms with van der Waals surface area (Å²) in [5.41, 5.74) is 1.32. The SMILES string of the molecule is CSc1cccc(NCC(=O)NC2CC2)c1C#N. The molecule has 1 saturated carbocycles. The van der Waals surface area contributed by atoms with E-state index in [9.17, 15) is 4.79 Å². The molecule has 4 nitrogen and oxygen atoms in total. The Morgan fingerprint density at radius 2 is 2.33 bits per heavy atom. The average Bonchev–Trinajstić information content (AvgIpc) is 3.19. The van der Waals surface area contributed by atoms with E-state index in [2.05, 4.69) is 16.7 Å². The Bertz CT molecular complexity index is 491. The van der Waals surface area contributed by atoms with Crippen molar-refractivity contribution in [2.24, 2.45) is 0 Å². The van der Waals surface area contributed by atoms with Gasteiger partial charge in [-0.2, -0.15) is 5.26 Å². The molecule has 1 aromatic rings. The first-order chi connectivity index (χ1) is 8.74. The number of hydrogen-bond acceptors (Lipinski definition) is 4. The van der Waals surface area contributed by atoms with Gasteiger partial charge in [-0.25, -0.2) is 0 Å². The van der Waals surface area contributed by atoms with Gasteiger partial charge in [0.2, 0.25) is 5.91 Å². The molecule has 1 amide bonds. The highest BCUT2D eigenvalue weighted by atomic mass is 32.2. The Hall–Kier alpha value is -1.67. The summed E-state index contributed by atoms with van der Waals surface area (Å²) < 4.78 is 0. The second-order valence-corrected chi connectivity index (χ2v) is 5.04. The van der Waals surface area contributed by atoms with Crippen LogP contribution in [-0.4, -0.2) is 24.7 Å². The van der Waals surface area contributed by atoms with Gasteiger partial charge in [-0.1, -0.05) is 6.07 Å². The van der Waals surface area contributed by atoms with Gasteiger partial charge in [0.15, 0.2) is 0 Å². The number of rotatable bonds is 5. The maximum atomic E-state index is 11.6. The lowest BCUT2D eigenvalue weighted by Crippen LogP contribution is -2.31. The van der Waals surface area contributed by atoms with Crippen molar-refractivity contribution in [1.29, 1.82) is 5.26 Å². The zero-order valence-electron chi connectivity index (χ0n) is 10.2. The number of anilines is 1. The lowest BCUT2D eigenvalue weighted by molar-refractivity contribution is -0.119. The molecular weight excluding hydrogens is 246 g/mol. The van der Waals surface area contributed by atoms with E-state index < -0.39 is 0 Å². The first-order valence-corrected chi connectivity index (χ1v) is 7.07. The van der Waals surface area contributed by atoms with Crippen molar-refractivity contribution >= 4 is 23.4 Å². The Labute approximate surface area is 111 Å². The lowest BCUT2D eigenvalue weighted by Gasteiger charge is -2.10. The molecule has 2 rings (SSSR count). The van der Waals surface area contributed by atoms with Gasteiger partial charge in [-0.3, -0.25) is 4.79 Å². The van der Waals surface area contributed by atoms with Crippen LogP contribution in [0.15, 0.2) is 23.1 Å². The number of nitrogens with one attached hydrogen (secondary N) is 2. The van der Waals surface area contributed by atoms with Crippen molar-refractivity contribution in [1.82, 2.24) is 5.32 Å². The number of carbonyl (C=O) groups is 1. The molecule has 0 spiro atoms. The van der Waals surface area contributed by atoms with Gasteiger partial charge in [0.05, 0.1) is 17.8 Å². The third-order valence-electron chi connectivity index (χ3n) is 2.74. The monoisotopic (exact) mass is 261 g/mol. The van der Waals surface area contributed by atoms with Gasteiger partial charge < -0.3 is 10.6 Å². The second kappa shape index (κ2) is 5.78. The zero-order valence-corrected chi connectivity index (χ0v) is 11.0. The van der Waals surface area contributed by atoms with Crippen LogP contribution in [0, 0.1) is 11.3 Å². The third-order valence-corrected chi connectivity index (χ3v) is 3.52. The fourth-order valence-corrected chi connectivity index (χ4v) is 2.22. The molecule has 1 aliphatic carbocycles. The number of amides is 1. The van der Waals surface area contributed by atoms with Gasteiger partial charge in [0, 0.05) is 10.9 Å². The van der Waals surface area contributed by atoms with Gasteiger partial charge in [-0.15, -0.1) is 11.8 Å². The Balaban J connectivity index is 1.99. The van der Waals surface area contributed by atoms with Crippen LogP contribution in [0.3, 0.4) is 0 Å². The van der Waals surface area contributed by atoms with Gasteiger partial charge >= 0.3 is 0 Å². The minimum atomic E-state index is -0.0176. The molecule has 0 aromatic heterocycles. The molecule has 0 unspecified atom stereocenters. The predicted octanol–water partition coefficient (Wildman–Crippen LogP) is 1.97. The number of nitriles is 1. The molecule has 0 saturated heterocycles. The average molecular weight is 261 g/mol. The van der Waals surface area contributed by atoms with Crippen LogP contribution < -0.4 is 10.6 Å². The quantitative estimate of drug-likeness (QED) is 0.795. The normalized spacial score (nSPS) is 13.8. The standard InChI is InChI=1S/C13H15N3OS/c1-18-12-4-2-3-11(10(12)7-14)15-8-13(17)16-9-5-6-9/h2-4,9,15H,5-6,8H2,1H3,(H,16,17). The highest BCUT2D eigenvalue weighted by Crippen LogP contribution is 2.26. The van der Waals surface area contributed by atoms with E-state index in [-0.39, 0.29) is 12.5 Å². The fraction of sp³-hybridized carbons (Fsp3) is 0.385. The summed E-state index contributed by atoms with van der Waals surface area (Å²) in [6.45, 7) is 0.211. The van der Waals surface area contributed by atoms with Crippen LogP contribution in [0.5, 0.6) is 0 Å². The first-order valence-electron chi connectivity index (χ1n) is 5.85. The topological polar surface area (TPSA) is 64.9 Å². The molecule has 5 heteroatoms. The molecule has 1 aliphatic rings. The summed E-state index contributed by atoms with van der Waals surface area (Å²) in [7, 11) is 0. The van der Waals surface area contributed by atoms with Crippen molar-refractivity contribution in [3.63, 3.8) is 0 Å². The van der Waals surface area contributed by atoms with Crippen LogP contribution in [0.25, 0.3) is 0 Å². The number of hydrogen-bond donors (Lipinski definition) is 2. The van der Waals surface area contributed by atoms with E-state index >= 15 is 0 Å². The van der Waals surface area contributed by atoms with Gasteiger partial charge in [-0.05, 0) is 31.2 Å². The van der Waals surface area contributed by atoms with E-state index in [1.165, 1.54) is 11.8 Å². The summed E-state index contributed by atoms with van der Waals surface area (Å²) in [6.07, 6.45) is 4.09. The smallest absolute Gasteiger partial charge is 0.239 e. The summed E-state index contributed by atoms with van der Waals surface area (Å²) in [5.74, 6) is -0.0176. The van der Waals surface area contributed by atoms with Crippen molar-refractivity contribution in [2.45, 2.75) is 23.8 Å². The molecule has 0 aliphatic heterocycles. The first kappa shape index (κ1) is 12.8. The van der Waals surface area contributed by atoms with Gasteiger partial charge in [0.25, 0.3) is 0 Å². The van der Waals surface area contributed by atoms with Crippen molar-refractivity contribution in [2.75, 3.05) is 18.1 Å². The molecule has 1 fully saturated rings. The summed E-state index contributed by atoms with van der Waals surface area (Å²) in [6, 6.07) is 8.15. The Kier molecular flexibility index (Phi) is 4.11.